The van der Waals surface area contributed by atoms with Gasteiger partial charge in [0.05, 0.1) is 11.0 Å². The third-order valence-electron chi connectivity index (χ3n) is 10.3. The van der Waals surface area contributed by atoms with Crippen molar-refractivity contribution in [3.8, 4) is 51.0 Å². The van der Waals surface area contributed by atoms with Gasteiger partial charge in [0.1, 0.15) is 50.4 Å². The first-order chi connectivity index (χ1) is 26.8. The minimum atomic E-state index is 0.116. The van der Waals surface area contributed by atoms with Gasteiger partial charge >= 0.3 is 0 Å². The Labute approximate surface area is 323 Å². The fourth-order valence-electron chi connectivity index (χ4n) is 7.53. The summed E-state index contributed by atoms with van der Waals surface area (Å²) in [6, 6.07) is 47.5. The van der Waals surface area contributed by atoms with Gasteiger partial charge < -0.3 is 8.98 Å². The number of rotatable bonds is 5. The Balaban J connectivity index is 1.13. The molecule has 5 nitrogen and oxygen atoms in total. The first-order valence-corrected chi connectivity index (χ1v) is 17.7. The number of furan rings is 1. The monoisotopic (exact) mass is 690 g/mol. The molecule has 0 bridgehead atoms. The van der Waals surface area contributed by atoms with Crippen LogP contribution in [0, 0.1) is 0 Å². The van der Waals surface area contributed by atoms with Crippen molar-refractivity contribution in [1.82, 2.24) is 19.5 Å². The van der Waals surface area contributed by atoms with Crippen LogP contribution in [0.1, 0.15) is 0 Å². The van der Waals surface area contributed by atoms with Gasteiger partial charge in [0, 0.05) is 43.9 Å². The van der Waals surface area contributed by atoms with Crippen molar-refractivity contribution in [2.24, 2.45) is 0 Å². The maximum absolute atomic E-state index is 6.48. The predicted molar refractivity (Wildman–Crippen MR) is 230 cm³/mol. The summed E-state index contributed by atoms with van der Waals surface area (Å²) < 4.78 is 8.81. The molecule has 10 rings (SSSR count). The van der Waals surface area contributed by atoms with Crippen molar-refractivity contribution in [3.05, 3.63) is 140 Å². The lowest BCUT2D eigenvalue weighted by Gasteiger charge is -2.20. The van der Waals surface area contributed by atoms with E-state index in [0.29, 0.717) is 28.4 Å². The van der Waals surface area contributed by atoms with Crippen molar-refractivity contribution < 1.29 is 4.42 Å². The van der Waals surface area contributed by atoms with Crippen LogP contribution in [0.15, 0.2) is 144 Å². The molecule has 0 saturated carbocycles. The fraction of sp³-hybridized carbons (Fsp3) is 0. The van der Waals surface area contributed by atoms with E-state index in [4.69, 9.17) is 58.6 Å². The molecule has 0 aliphatic carbocycles. The largest absolute Gasteiger partial charge is 0.456 e. The number of fused-ring (bicyclic) bond motifs is 6. The standard InChI is InChI=1S/C45H23B5N4O/c46-38-37(39(47)41(49)42(50)40(38)48)45-52-43(25-11-5-2-6-12-25)51-44(53-45)27-16-19-31-32-23-28(17-20-35(32)55-36(31)22-27)54-33-14-8-7-13-29(33)30-18-15-26(21-34(30)54)24-9-3-1-4-10-24/h1-23H. The number of para-hydroxylation sites is 1. The summed E-state index contributed by atoms with van der Waals surface area (Å²) in [5.41, 5.74) is 9.46. The van der Waals surface area contributed by atoms with Gasteiger partial charge in [-0.2, -0.15) is 0 Å². The van der Waals surface area contributed by atoms with E-state index >= 15 is 0 Å². The summed E-state index contributed by atoms with van der Waals surface area (Å²) in [5, 5.41) is 4.32. The highest BCUT2D eigenvalue weighted by Gasteiger charge is 2.20. The molecule has 7 aromatic carbocycles. The van der Waals surface area contributed by atoms with E-state index in [2.05, 4.69) is 83.4 Å². The van der Waals surface area contributed by atoms with Crippen molar-refractivity contribution in [1.29, 1.82) is 0 Å². The van der Waals surface area contributed by atoms with Crippen LogP contribution in [0.3, 0.4) is 0 Å². The Kier molecular flexibility index (Phi) is 7.70. The summed E-state index contributed by atoms with van der Waals surface area (Å²) in [4.78, 5) is 14.5. The molecule has 0 atom stereocenters. The lowest BCUT2D eigenvalue weighted by molar-refractivity contribution is 0.669. The first-order valence-electron chi connectivity index (χ1n) is 17.7. The normalized spacial score (nSPS) is 11.6. The smallest absolute Gasteiger partial charge is 0.164 e. The van der Waals surface area contributed by atoms with Crippen LogP contribution in [0.2, 0.25) is 0 Å². The predicted octanol–water partition coefficient (Wildman–Crippen LogP) is 5.51. The molecule has 55 heavy (non-hydrogen) atoms. The van der Waals surface area contributed by atoms with Crippen molar-refractivity contribution in [2.45, 2.75) is 0 Å². The molecule has 10 radical (unpaired) electrons. The third kappa shape index (κ3) is 5.35. The van der Waals surface area contributed by atoms with Gasteiger partial charge in [0.15, 0.2) is 17.5 Å². The zero-order chi connectivity index (χ0) is 37.4. The molecule has 10 aromatic rings. The molecular formula is C45H23B5N4O. The highest BCUT2D eigenvalue weighted by atomic mass is 16.3. The maximum atomic E-state index is 6.48. The highest BCUT2D eigenvalue weighted by Crippen LogP contribution is 2.38. The van der Waals surface area contributed by atoms with Gasteiger partial charge in [-0.1, -0.05) is 108 Å². The first kappa shape index (κ1) is 33.1. The number of nitrogens with zero attached hydrogens (tertiary/aromatic N) is 4. The molecule has 244 valence electrons. The SMILES string of the molecule is [B]c1c([B])c([B])c(-c2nc(-c3ccccc3)nc(-c3ccc4c(c3)oc3ccc(-n5c6ccccc6c6ccc(-c7ccccc7)cc65)cc34)n2)c([B])c1[B]. The topological polar surface area (TPSA) is 56.7 Å². The number of hydrogen-bond donors (Lipinski definition) is 0. The summed E-state index contributed by atoms with van der Waals surface area (Å²) in [7, 11) is 31.5. The van der Waals surface area contributed by atoms with Crippen molar-refractivity contribution in [2.75, 3.05) is 0 Å². The van der Waals surface area contributed by atoms with Crippen LogP contribution in [0.25, 0.3) is 94.7 Å². The van der Waals surface area contributed by atoms with E-state index in [9.17, 15) is 0 Å². The van der Waals surface area contributed by atoms with Crippen LogP contribution in [0.4, 0.5) is 0 Å². The third-order valence-corrected chi connectivity index (χ3v) is 10.3. The van der Waals surface area contributed by atoms with E-state index in [-0.39, 0.29) is 33.1 Å². The Hall–Kier alpha value is -6.53. The minimum absolute atomic E-state index is 0.116. The quantitative estimate of drug-likeness (QED) is 0.224. The van der Waals surface area contributed by atoms with Crippen molar-refractivity contribution >= 4 is 110 Å². The van der Waals surface area contributed by atoms with Gasteiger partial charge in [0.2, 0.25) is 0 Å². The molecule has 0 aliphatic heterocycles. The van der Waals surface area contributed by atoms with Gasteiger partial charge in [-0.05, 0) is 53.6 Å². The Morgan fingerprint density at radius 1 is 0.382 bits per heavy atom. The van der Waals surface area contributed by atoms with Crippen LogP contribution in [-0.2, 0) is 0 Å². The zero-order valence-corrected chi connectivity index (χ0v) is 29.4. The molecule has 0 spiro atoms. The van der Waals surface area contributed by atoms with Gasteiger partial charge in [-0.3, -0.25) is 0 Å². The molecular weight excluding hydrogens is 667 g/mol. The summed E-state index contributed by atoms with van der Waals surface area (Å²) in [6.45, 7) is 0. The van der Waals surface area contributed by atoms with E-state index in [1.807, 2.05) is 60.7 Å². The van der Waals surface area contributed by atoms with E-state index in [1.165, 1.54) is 16.3 Å². The Bertz CT molecular complexity index is 3130. The number of benzene rings is 7. The molecule has 0 amide bonds. The van der Waals surface area contributed by atoms with E-state index in [1.54, 1.807) is 0 Å². The average molecular weight is 690 g/mol. The molecule has 0 fully saturated rings. The molecule has 3 heterocycles. The van der Waals surface area contributed by atoms with Crippen LogP contribution in [-0.4, -0.2) is 58.8 Å². The second-order valence-electron chi connectivity index (χ2n) is 13.6. The molecule has 0 unspecified atom stereocenters. The summed E-state index contributed by atoms with van der Waals surface area (Å²) >= 11 is 0. The minimum Gasteiger partial charge on any atom is -0.456 e. The second-order valence-corrected chi connectivity index (χ2v) is 13.6. The molecule has 0 aliphatic rings. The molecule has 10 heteroatoms. The molecule has 0 N–H and O–H groups in total. The van der Waals surface area contributed by atoms with Gasteiger partial charge in [0.25, 0.3) is 0 Å². The van der Waals surface area contributed by atoms with Crippen LogP contribution < -0.4 is 27.3 Å². The maximum Gasteiger partial charge on any atom is 0.164 e. The molecule has 0 saturated heterocycles. The number of hydrogen-bond acceptors (Lipinski definition) is 4. The fourth-order valence-corrected chi connectivity index (χ4v) is 7.53. The Morgan fingerprint density at radius 3 is 1.71 bits per heavy atom. The average Bonchev–Trinajstić information content (AvgIpc) is 3.77. The zero-order valence-electron chi connectivity index (χ0n) is 29.4. The lowest BCUT2D eigenvalue weighted by atomic mass is 9.60. The van der Waals surface area contributed by atoms with Gasteiger partial charge in [-0.15, -0.1) is 16.4 Å². The highest BCUT2D eigenvalue weighted by molar-refractivity contribution is 6.68. The summed E-state index contributed by atoms with van der Waals surface area (Å²) in [5.74, 6) is 1.02. The van der Waals surface area contributed by atoms with E-state index < -0.39 is 0 Å². The van der Waals surface area contributed by atoms with E-state index in [0.717, 1.165) is 44.2 Å². The van der Waals surface area contributed by atoms with Crippen LogP contribution in [0.5, 0.6) is 0 Å². The summed E-state index contributed by atoms with van der Waals surface area (Å²) in [6.07, 6.45) is 0. The number of aromatic nitrogens is 4. The van der Waals surface area contributed by atoms with Crippen molar-refractivity contribution in [3.63, 3.8) is 0 Å². The Morgan fingerprint density at radius 2 is 0.964 bits per heavy atom. The lowest BCUT2D eigenvalue weighted by Crippen LogP contribution is -2.55. The second kappa shape index (κ2) is 12.8. The van der Waals surface area contributed by atoms with Crippen LogP contribution >= 0.6 is 0 Å². The van der Waals surface area contributed by atoms with Gasteiger partial charge in [-0.25, -0.2) is 15.0 Å². The molecule has 3 aromatic heterocycles.